The SMILES string of the molecule is O=C(CNC(=O)C1CCN(S(=O)(=O)c2ccc3c(c2)CCCC3)CC1)Nc1ccc(Cl)cc1. The van der Waals surface area contributed by atoms with Gasteiger partial charge in [-0.3, -0.25) is 9.59 Å². The van der Waals surface area contributed by atoms with Gasteiger partial charge in [-0.15, -0.1) is 0 Å². The normalized spacial score (nSPS) is 17.2. The molecule has 2 aromatic carbocycles. The van der Waals surface area contributed by atoms with Crippen molar-refractivity contribution in [1.82, 2.24) is 9.62 Å². The first kappa shape index (κ1) is 23.7. The van der Waals surface area contributed by atoms with Gasteiger partial charge in [0.1, 0.15) is 0 Å². The molecule has 1 aliphatic heterocycles. The summed E-state index contributed by atoms with van der Waals surface area (Å²) in [5.74, 6) is -0.881. The fourth-order valence-corrected chi connectivity index (χ4v) is 6.07. The Morgan fingerprint density at radius 2 is 1.64 bits per heavy atom. The number of carbonyl (C=O) groups excluding carboxylic acids is 2. The highest BCUT2D eigenvalue weighted by molar-refractivity contribution is 7.89. The number of piperidine rings is 1. The Balaban J connectivity index is 1.27. The summed E-state index contributed by atoms with van der Waals surface area (Å²) in [6.45, 7) is 0.429. The van der Waals surface area contributed by atoms with E-state index in [0.29, 0.717) is 28.4 Å². The summed E-state index contributed by atoms with van der Waals surface area (Å²) in [5.41, 5.74) is 2.98. The molecule has 4 rings (SSSR count). The molecule has 2 aromatic rings. The predicted molar refractivity (Wildman–Crippen MR) is 128 cm³/mol. The number of benzene rings is 2. The largest absolute Gasteiger partial charge is 0.347 e. The molecule has 1 fully saturated rings. The fourth-order valence-electron chi connectivity index (χ4n) is 4.43. The Kier molecular flexibility index (Phi) is 7.36. The molecule has 9 heteroatoms. The fraction of sp³-hybridized carbons (Fsp3) is 0.417. The zero-order chi connectivity index (χ0) is 23.4. The Morgan fingerprint density at radius 1 is 0.970 bits per heavy atom. The van der Waals surface area contributed by atoms with E-state index in [2.05, 4.69) is 10.6 Å². The molecule has 0 saturated carbocycles. The number of amides is 2. The minimum Gasteiger partial charge on any atom is -0.347 e. The quantitative estimate of drug-likeness (QED) is 0.650. The first-order chi connectivity index (χ1) is 15.8. The van der Waals surface area contributed by atoms with Gasteiger partial charge in [-0.25, -0.2) is 8.42 Å². The van der Waals surface area contributed by atoms with Crippen molar-refractivity contribution in [2.24, 2.45) is 5.92 Å². The molecule has 1 heterocycles. The van der Waals surface area contributed by atoms with Gasteiger partial charge in [-0.1, -0.05) is 17.7 Å². The number of carbonyl (C=O) groups is 2. The molecule has 0 atom stereocenters. The molecule has 2 N–H and O–H groups in total. The smallest absolute Gasteiger partial charge is 0.243 e. The molecule has 0 bridgehead atoms. The number of nitrogens with zero attached hydrogens (tertiary/aromatic N) is 1. The van der Waals surface area contributed by atoms with Gasteiger partial charge in [0.25, 0.3) is 0 Å². The second-order valence-corrected chi connectivity index (χ2v) is 11.0. The average Bonchev–Trinajstić information content (AvgIpc) is 2.83. The second-order valence-electron chi connectivity index (χ2n) is 8.59. The Morgan fingerprint density at radius 3 is 2.33 bits per heavy atom. The Bertz CT molecular complexity index is 1130. The van der Waals surface area contributed by atoms with Crippen molar-refractivity contribution in [3.05, 3.63) is 58.6 Å². The number of hydrogen-bond acceptors (Lipinski definition) is 4. The third kappa shape index (κ3) is 5.75. The molecule has 2 amide bonds. The molecule has 176 valence electrons. The van der Waals surface area contributed by atoms with Gasteiger partial charge in [-0.2, -0.15) is 4.31 Å². The number of sulfonamides is 1. The van der Waals surface area contributed by atoms with E-state index < -0.39 is 10.0 Å². The molecule has 1 aliphatic carbocycles. The van der Waals surface area contributed by atoms with Crippen molar-refractivity contribution in [3.63, 3.8) is 0 Å². The highest BCUT2D eigenvalue weighted by Crippen LogP contribution is 2.28. The van der Waals surface area contributed by atoms with Crippen molar-refractivity contribution >= 4 is 39.1 Å². The van der Waals surface area contributed by atoms with Crippen LogP contribution in [0.4, 0.5) is 5.69 Å². The van der Waals surface area contributed by atoms with Crippen molar-refractivity contribution in [1.29, 1.82) is 0 Å². The van der Waals surface area contributed by atoms with Crippen LogP contribution in [0.1, 0.15) is 36.8 Å². The zero-order valence-electron chi connectivity index (χ0n) is 18.3. The highest BCUT2D eigenvalue weighted by Gasteiger charge is 2.32. The van der Waals surface area contributed by atoms with Crippen molar-refractivity contribution in [2.75, 3.05) is 25.0 Å². The van der Waals surface area contributed by atoms with Crippen LogP contribution in [0.15, 0.2) is 47.4 Å². The average molecular weight is 490 g/mol. The standard InChI is InChI=1S/C24H28ClN3O4S/c25-20-6-8-21(9-7-20)27-23(29)16-26-24(30)18-11-13-28(14-12-18)33(31,32)22-10-5-17-3-1-2-4-19(17)15-22/h5-10,15,18H,1-4,11-14,16H2,(H,26,30)(H,27,29). The van der Waals surface area contributed by atoms with Crippen molar-refractivity contribution < 1.29 is 18.0 Å². The van der Waals surface area contributed by atoms with Gasteiger partial charge in [0.2, 0.25) is 21.8 Å². The maximum absolute atomic E-state index is 13.1. The maximum Gasteiger partial charge on any atom is 0.243 e. The van der Waals surface area contributed by atoms with E-state index in [4.69, 9.17) is 11.6 Å². The molecule has 0 unspecified atom stereocenters. The summed E-state index contributed by atoms with van der Waals surface area (Å²) in [6, 6.07) is 12.2. The van der Waals surface area contributed by atoms with E-state index >= 15 is 0 Å². The van der Waals surface area contributed by atoms with Gasteiger partial charge in [-0.05, 0) is 86.1 Å². The maximum atomic E-state index is 13.1. The molecular formula is C24H28ClN3O4S. The van der Waals surface area contributed by atoms with Crippen LogP contribution in [0.25, 0.3) is 0 Å². The van der Waals surface area contributed by atoms with E-state index in [1.807, 2.05) is 12.1 Å². The third-order valence-corrected chi connectivity index (χ3v) is 8.48. The summed E-state index contributed by atoms with van der Waals surface area (Å²) < 4.78 is 27.7. The van der Waals surface area contributed by atoms with Crippen LogP contribution in [-0.4, -0.2) is 44.2 Å². The number of anilines is 1. The molecular weight excluding hydrogens is 462 g/mol. The van der Waals surface area contributed by atoms with Gasteiger partial charge >= 0.3 is 0 Å². The summed E-state index contributed by atoms with van der Waals surface area (Å²) in [5, 5.41) is 5.92. The van der Waals surface area contributed by atoms with Gasteiger partial charge in [0.05, 0.1) is 11.4 Å². The lowest BCUT2D eigenvalue weighted by molar-refractivity contribution is -0.128. The van der Waals surface area contributed by atoms with Crippen molar-refractivity contribution in [2.45, 2.75) is 43.4 Å². The van der Waals surface area contributed by atoms with E-state index in [-0.39, 0.29) is 37.4 Å². The molecule has 0 spiro atoms. The van der Waals surface area contributed by atoms with Crippen molar-refractivity contribution in [3.8, 4) is 0 Å². The van der Waals surface area contributed by atoms with E-state index in [9.17, 15) is 18.0 Å². The van der Waals surface area contributed by atoms with Crippen LogP contribution < -0.4 is 10.6 Å². The number of nitrogens with one attached hydrogen (secondary N) is 2. The van der Waals surface area contributed by atoms with E-state index in [1.165, 1.54) is 9.87 Å². The minimum absolute atomic E-state index is 0.144. The second kappa shape index (κ2) is 10.2. The molecule has 7 nitrogen and oxygen atoms in total. The number of rotatable bonds is 6. The predicted octanol–water partition coefficient (Wildman–Crippen LogP) is 3.37. The number of hydrogen-bond donors (Lipinski definition) is 2. The zero-order valence-corrected chi connectivity index (χ0v) is 19.9. The van der Waals surface area contributed by atoms with E-state index in [0.717, 1.165) is 31.2 Å². The highest BCUT2D eigenvalue weighted by atomic mass is 35.5. The summed E-state index contributed by atoms with van der Waals surface area (Å²) in [7, 11) is -3.58. The number of fused-ring (bicyclic) bond motifs is 1. The molecule has 0 aromatic heterocycles. The molecule has 0 radical (unpaired) electrons. The lowest BCUT2D eigenvalue weighted by Crippen LogP contribution is -2.44. The lowest BCUT2D eigenvalue weighted by Gasteiger charge is -2.31. The Labute approximate surface area is 199 Å². The summed E-state index contributed by atoms with van der Waals surface area (Å²) in [4.78, 5) is 24.9. The first-order valence-electron chi connectivity index (χ1n) is 11.3. The van der Waals surface area contributed by atoms with Crippen LogP contribution in [0.3, 0.4) is 0 Å². The first-order valence-corrected chi connectivity index (χ1v) is 13.1. The monoisotopic (exact) mass is 489 g/mol. The number of halogens is 1. The minimum atomic E-state index is -3.58. The molecule has 2 aliphatic rings. The third-order valence-electron chi connectivity index (χ3n) is 6.33. The van der Waals surface area contributed by atoms with E-state index in [1.54, 1.807) is 30.3 Å². The van der Waals surface area contributed by atoms with Gasteiger partial charge in [0.15, 0.2) is 0 Å². The van der Waals surface area contributed by atoms with Crippen LogP contribution in [-0.2, 0) is 32.5 Å². The number of aryl methyl sites for hydroxylation is 2. The van der Waals surface area contributed by atoms with Crippen LogP contribution in [0.5, 0.6) is 0 Å². The van der Waals surface area contributed by atoms with Gasteiger partial charge < -0.3 is 10.6 Å². The van der Waals surface area contributed by atoms with Crippen LogP contribution >= 0.6 is 11.6 Å². The molecule has 1 saturated heterocycles. The lowest BCUT2D eigenvalue weighted by atomic mass is 9.92. The molecule has 33 heavy (non-hydrogen) atoms. The summed E-state index contributed by atoms with van der Waals surface area (Å²) in [6.07, 6.45) is 5.02. The van der Waals surface area contributed by atoms with Gasteiger partial charge in [0, 0.05) is 29.7 Å². The topological polar surface area (TPSA) is 95.6 Å². The summed E-state index contributed by atoms with van der Waals surface area (Å²) >= 11 is 5.83. The van der Waals surface area contributed by atoms with Crippen LogP contribution in [0, 0.1) is 5.92 Å². The van der Waals surface area contributed by atoms with Crippen LogP contribution in [0.2, 0.25) is 5.02 Å². The Hall–Kier alpha value is -2.42.